The Morgan fingerprint density at radius 1 is 0.808 bits per heavy atom. The molecule has 2 aromatic rings. The first-order valence-electron chi connectivity index (χ1n) is 8.00. The van der Waals surface area contributed by atoms with Gasteiger partial charge in [-0.25, -0.2) is 0 Å². The molecule has 0 aromatic heterocycles. The molecule has 134 valence electrons. The van der Waals surface area contributed by atoms with E-state index in [0.717, 1.165) is 0 Å². The zero-order valence-electron chi connectivity index (χ0n) is 13.8. The van der Waals surface area contributed by atoms with E-state index >= 15 is 0 Å². The Morgan fingerprint density at radius 3 is 1.96 bits per heavy atom. The average Bonchev–Trinajstić information content (AvgIpc) is 2.67. The quantitative estimate of drug-likeness (QED) is 0.615. The number of carbonyl (C=O) groups is 1. The highest BCUT2D eigenvalue weighted by Crippen LogP contribution is 2.29. The second-order valence-electron chi connectivity index (χ2n) is 5.80. The van der Waals surface area contributed by atoms with Crippen LogP contribution in [0.3, 0.4) is 0 Å². The number of nitrogens with zero attached hydrogens (tertiary/aromatic N) is 4. The summed E-state index contributed by atoms with van der Waals surface area (Å²) in [6.45, 7) is 1.49. The van der Waals surface area contributed by atoms with Crippen molar-refractivity contribution in [3.05, 3.63) is 74.3 Å². The predicted molar refractivity (Wildman–Crippen MR) is 94.3 cm³/mol. The van der Waals surface area contributed by atoms with E-state index in [9.17, 15) is 25.0 Å². The highest BCUT2D eigenvalue weighted by Gasteiger charge is 2.29. The number of hydrogen-bond donors (Lipinski definition) is 0. The van der Waals surface area contributed by atoms with Crippen LogP contribution in [0.25, 0.3) is 0 Å². The van der Waals surface area contributed by atoms with Gasteiger partial charge in [-0.05, 0) is 12.1 Å². The van der Waals surface area contributed by atoms with Crippen LogP contribution >= 0.6 is 0 Å². The smallest absolute Gasteiger partial charge is 0.292 e. The monoisotopic (exact) mass is 356 g/mol. The van der Waals surface area contributed by atoms with Crippen molar-refractivity contribution in [3.63, 3.8) is 0 Å². The fraction of sp³-hybridized carbons (Fsp3) is 0.235. The van der Waals surface area contributed by atoms with Gasteiger partial charge in [-0.1, -0.05) is 24.3 Å². The maximum atomic E-state index is 12.6. The van der Waals surface area contributed by atoms with Gasteiger partial charge in [0, 0.05) is 38.3 Å². The number of carbonyl (C=O) groups excluding carboxylic acids is 1. The van der Waals surface area contributed by atoms with E-state index in [2.05, 4.69) is 0 Å². The lowest BCUT2D eigenvalue weighted by Gasteiger charge is -2.35. The van der Waals surface area contributed by atoms with Crippen LogP contribution in [0.1, 0.15) is 10.4 Å². The molecule has 1 saturated heterocycles. The van der Waals surface area contributed by atoms with E-state index in [1.165, 1.54) is 29.2 Å². The fourth-order valence-corrected chi connectivity index (χ4v) is 3.02. The molecule has 9 heteroatoms. The standard InChI is InChI=1S/C17H16N4O5/c22-17(13-5-1-2-6-14(13)20(23)24)19-11-9-18(10-12-19)15-7-3-4-8-16(15)21(25)26/h1-8H,9-12H2. The molecule has 0 radical (unpaired) electrons. The van der Waals surface area contributed by atoms with Gasteiger partial charge in [0.25, 0.3) is 17.3 Å². The summed E-state index contributed by atoms with van der Waals surface area (Å²) < 4.78 is 0. The fourth-order valence-electron chi connectivity index (χ4n) is 3.02. The maximum absolute atomic E-state index is 12.6. The molecule has 26 heavy (non-hydrogen) atoms. The lowest BCUT2D eigenvalue weighted by Crippen LogP contribution is -2.49. The Hall–Kier alpha value is -3.49. The largest absolute Gasteiger partial charge is 0.362 e. The van der Waals surface area contributed by atoms with Crippen molar-refractivity contribution >= 4 is 23.0 Å². The number of nitro groups is 2. The topological polar surface area (TPSA) is 110 Å². The van der Waals surface area contributed by atoms with Crippen LogP contribution in [0, 0.1) is 20.2 Å². The van der Waals surface area contributed by atoms with Crippen molar-refractivity contribution in [2.75, 3.05) is 31.1 Å². The minimum atomic E-state index is -0.573. The van der Waals surface area contributed by atoms with E-state index in [1.807, 2.05) is 4.90 Å². The highest BCUT2D eigenvalue weighted by molar-refractivity contribution is 5.98. The summed E-state index contributed by atoms with van der Waals surface area (Å²) in [5.74, 6) is -0.403. The molecule has 1 aliphatic rings. The third kappa shape index (κ3) is 3.32. The Balaban J connectivity index is 1.75. The molecule has 0 saturated carbocycles. The van der Waals surface area contributed by atoms with Gasteiger partial charge in [0.1, 0.15) is 11.3 Å². The molecule has 0 spiro atoms. The maximum Gasteiger partial charge on any atom is 0.292 e. The first kappa shape index (κ1) is 17.3. The lowest BCUT2D eigenvalue weighted by atomic mass is 10.1. The van der Waals surface area contributed by atoms with Crippen LogP contribution in [0.4, 0.5) is 17.1 Å². The number of anilines is 1. The zero-order valence-corrected chi connectivity index (χ0v) is 13.8. The summed E-state index contributed by atoms with van der Waals surface area (Å²) in [6.07, 6.45) is 0. The Labute approximate surface area is 148 Å². The third-order valence-electron chi connectivity index (χ3n) is 4.32. The summed E-state index contributed by atoms with van der Waals surface area (Å²) in [6, 6.07) is 12.3. The number of nitro benzene ring substituents is 2. The van der Waals surface area contributed by atoms with E-state index in [1.54, 1.807) is 24.3 Å². The molecule has 1 amide bonds. The summed E-state index contributed by atoms with van der Waals surface area (Å²) >= 11 is 0. The SMILES string of the molecule is O=C(c1ccccc1[N+](=O)[O-])N1CCN(c2ccccc2[N+](=O)[O-])CC1. The van der Waals surface area contributed by atoms with Gasteiger partial charge in [0.05, 0.1) is 9.85 Å². The van der Waals surface area contributed by atoms with Crippen LogP contribution in [-0.4, -0.2) is 46.8 Å². The van der Waals surface area contributed by atoms with Crippen molar-refractivity contribution in [3.8, 4) is 0 Å². The molecule has 2 aromatic carbocycles. The molecule has 0 aliphatic carbocycles. The van der Waals surface area contributed by atoms with E-state index < -0.39 is 15.8 Å². The van der Waals surface area contributed by atoms with E-state index in [-0.39, 0.29) is 16.9 Å². The number of piperazine rings is 1. The predicted octanol–water partition coefficient (Wildman–Crippen LogP) is 2.47. The first-order chi connectivity index (χ1) is 12.5. The second kappa shape index (κ2) is 7.18. The van der Waals surface area contributed by atoms with E-state index in [0.29, 0.717) is 31.9 Å². The molecule has 9 nitrogen and oxygen atoms in total. The Bertz CT molecular complexity index is 862. The van der Waals surface area contributed by atoms with Crippen LogP contribution in [-0.2, 0) is 0 Å². The summed E-state index contributed by atoms with van der Waals surface area (Å²) in [7, 11) is 0. The zero-order chi connectivity index (χ0) is 18.7. The van der Waals surface area contributed by atoms with Crippen molar-refractivity contribution in [2.45, 2.75) is 0 Å². The minimum Gasteiger partial charge on any atom is -0.362 e. The van der Waals surface area contributed by atoms with Crippen LogP contribution in [0.2, 0.25) is 0 Å². The molecule has 1 heterocycles. The molecular formula is C17H16N4O5. The summed E-state index contributed by atoms with van der Waals surface area (Å²) in [5.41, 5.74) is 0.358. The van der Waals surface area contributed by atoms with Gasteiger partial charge >= 0.3 is 0 Å². The van der Waals surface area contributed by atoms with Crippen LogP contribution in [0.15, 0.2) is 48.5 Å². The third-order valence-corrected chi connectivity index (χ3v) is 4.32. The van der Waals surface area contributed by atoms with Crippen molar-refractivity contribution in [2.24, 2.45) is 0 Å². The molecule has 0 unspecified atom stereocenters. The summed E-state index contributed by atoms with van der Waals surface area (Å²) in [5, 5.41) is 22.3. The van der Waals surface area contributed by atoms with Crippen LogP contribution in [0.5, 0.6) is 0 Å². The van der Waals surface area contributed by atoms with Crippen molar-refractivity contribution in [1.82, 2.24) is 4.90 Å². The summed E-state index contributed by atoms with van der Waals surface area (Å²) in [4.78, 5) is 37.3. The minimum absolute atomic E-state index is 0.0194. The highest BCUT2D eigenvalue weighted by atomic mass is 16.6. The van der Waals surface area contributed by atoms with Gasteiger partial charge in [-0.2, -0.15) is 0 Å². The molecule has 0 bridgehead atoms. The van der Waals surface area contributed by atoms with Crippen molar-refractivity contribution in [1.29, 1.82) is 0 Å². The second-order valence-corrected chi connectivity index (χ2v) is 5.80. The number of hydrogen-bond acceptors (Lipinski definition) is 6. The molecule has 3 rings (SSSR count). The Morgan fingerprint density at radius 2 is 1.35 bits per heavy atom. The molecule has 1 fully saturated rings. The number of benzene rings is 2. The number of rotatable bonds is 4. The molecular weight excluding hydrogens is 340 g/mol. The van der Waals surface area contributed by atoms with Gasteiger partial charge in [-0.3, -0.25) is 25.0 Å². The van der Waals surface area contributed by atoms with E-state index in [4.69, 9.17) is 0 Å². The number of amides is 1. The van der Waals surface area contributed by atoms with Crippen molar-refractivity contribution < 1.29 is 14.6 Å². The average molecular weight is 356 g/mol. The van der Waals surface area contributed by atoms with Crippen LogP contribution < -0.4 is 4.90 Å². The molecule has 0 atom stereocenters. The van der Waals surface area contributed by atoms with Gasteiger partial charge < -0.3 is 9.80 Å². The number of para-hydroxylation sites is 3. The van der Waals surface area contributed by atoms with Gasteiger partial charge in [0.2, 0.25) is 0 Å². The Kier molecular flexibility index (Phi) is 4.78. The molecule has 0 N–H and O–H groups in total. The first-order valence-corrected chi connectivity index (χ1v) is 8.00. The van der Waals surface area contributed by atoms with Gasteiger partial charge in [-0.15, -0.1) is 0 Å². The lowest BCUT2D eigenvalue weighted by molar-refractivity contribution is -0.385. The molecule has 1 aliphatic heterocycles. The van der Waals surface area contributed by atoms with Gasteiger partial charge in [0.15, 0.2) is 0 Å². The normalized spacial score (nSPS) is 14.2.